The number of benzene rings is 1. The lowest BCUT2D eigenvalue weighted by Crippen LogP contribution is -2.31. The Kier molecular flexibility index (Phi) is 4.89. The smallest absolute Gasteiger partial charge is 0.307 e. The number of hydrogen-bond acceptors (Lipinski definition) is 3. The zero-order valence-electron chi connectivity index (χ0n) is 11.1. The summed E-state index contributed by atoms with van der Waals surface area (Å²) in [5.74, 6) is -0.975. The maximum atomic E-state index is 12.1. The van der Waals surface area contributed by atoms with E-state index in [2.05, 4.69) is 0 Å². The molecule has 0 bridgehead atoms. The summed E-state index contributed by atoms with van der Waals surface area (Å²) >= 11 is 0. The van der Waals surface area contributed by atoms with Gasteiger partial charge < -0.3 is 10.0 Å². The molecule has 1 aromatic rings. The van der Waals surface area contributed by atoms with Crippen LogP contribution in [-0.4, -0.2) is 44.9 Å². The van der Waals surface area contributed by atoms with Crippen molar-refractivity contribution in [3.8, 4) is 0 Å². The maximum Gasteiger partial charge on any atom is 0.307 e. The highest BCUT2D eigenvalue weighted by Crippen LogP contribution is 2.12. The quantitative estimate of drug-likeness (QED) is 0.881. The zero-order chi connectivity index (χ0) is 14.5. The van der Waals surface area contributed by atoms with E-state index < -0.39 is 16.8 Å². The van der Waals surface area contributed by atoms with Crippen LogP contribution >= 0.6 is 0 Å². The van der Waals surface area contributed by atoms with E-state index in [9.17, 15) is 13.8 Å². The van der Waals surface area contributed by atoms with Gasteiger partial charge in [-0.15, -0.1) is 0 Å². The van der Waals surface area contributed by atoms with Gasteiger partial charge in [0.05, 0.1) is 17.2 Å². The zero-order valence-corrected chi connectivity index (χ0v) is 11.9. The molecule has 1 saturated heterocycles. The number of carbonyl (C=O) groups excluding carboxylic acids is 1. The Morgan fingerprint density at radius 2 is 1.75 bits per heavy atom. The van der Waals surface area contributed by atoms with E-state index in [1.54, 1.807) is 29.2 Å². The molecule has 1 N–H and O–H groups in total. The molecule has 0 spiro atoms. The van der Waals surface area contributed by atoms with E-state index in [0.717, 1.165) is 25.9 Å². The summed E-state index contributed by atoms with van der Waals surface area (Å²) in [5, 5.41) is 8.68. The van der Waals surface area contributed by atoms with Crippen LogP contribution in [0.5, 0.6) is 0 Å². The van der Waals surface area contributed by atoms with Gasteiger partial charge in [-0.05, 0) is 30.5 Å². The van der Waals surface area contributed by atoms with Crippen LogP contribution in [0.4, 0.5) is 0 Å². The number of carboxylic acid groups (broad SMARTS) is 1. The molecule has 2 rings (SSSR count). The minimum Gasteiger partial charge on any atom is -0.481 e. The van der Waals surface area contributed by atoms with Crippen LogP contribution in [-0.2, 0) is 26.8 Å². The van der Waals surface area contributed by atoms with Crippen molar-refractivity contribution in [2.24, 2.45) is 0 Å². The molecule has 1 aliphatic heterocycles. The second-order valence-electron chi connectivity index (χ2n) is 4.79. The monoisotopic (exact) mass is 295 g/mol. The fourth-order valence-electron chi connectivity index (χ4n) is 2.19. The van der Waals surface area contributed by atoms with Crippen LogP contribution in [0.1, 0.15) is 18.4 Å². The van der Waals surface area contributed by atoms with Gasteiger partial charge in [0.1, 0.15) is 5.75 Å². The lowest BCUT2D eigenvalue weighted by molar-refractivity contribution is -0.136. The minimum absolute atomic E-state index is 0.00171. The number of aliphatic carboxylic acids is 1. The van der Waals surface area contributed by atoms with Crippen molar-refractivity contribution in [3.05, 3.63) is 29.8 Å². The number of carboxylic acids is 1. The number of amides is 1. The van der Waals surface area contributed by atoms with Crippen LogP contribution < -0.4 is 0 Å². The average molecular weight is 295 g/mol. The molecule has 1 unspecified atom stereocenters. The van der Waals surface area contributed by atoms with E-state index in [1.165, 1.54) is 0 Å². The summed E-state index contributed by atoms with van der Waals surface area (Å²) in [6, 6.07) is 6.54. The van der Waals surface area contributed by atoms with Crippen molar-refractivity contribution < 1.29 is 18.9 Å². The number of nitrogens with zero attached hydrogens (tertiary/aromatic N) is 1. The van der Waals surface area contributed by atoms with E-state index in [0.29, 0.717) is 10.5 Å². The standard InChI is InChI=1S/C14H17NO4S/c16-13(15-7-1-2-8-15)10-20(19)12-5-3-11(4-6-12)9-14(17)18/h3-6H,1-2,7-10H2,(H,17,18). The van der Waals surface area contributed by atoms with Gasteiger partial charge in [-0.2, -0.15) is 0 Å². The van der Waals surface area contributed by atoms with Crippen molar-refractivity contribution in [2.45, 2.75) is 24.2 Å². The Labute approximate surface area is 120 Å². The van der Waals surface area contributed by atoms with Crippen LogP contribution in [0.15, 0.2) is 29.2 Å². The molecule has 1 atom stereocenters. The summed E-state index contributed by atoms with van der Waals surface area (Å²) in [6.07, 6.45) is 1.98. The molecule has 5 nitrogen and oxygen atoms in total. The van der Waals surface area contributed by atoms with Crippen LogP contribution in [0.25, 0.3) is 0 Å². The van der Waals surface area contributed by atoms with Gasteiger partial charge in [0.25, 0.3) is 0 Å². The van der Waals surface area contributed by atoms with Crippen molar-refractivity contribution in [2.75, 3.05) is 18.8 Å². The molecule has 0 saturated carbocycles. The summed E-state index contributed by atoms with van der Waals surface area (Å²) in [6.45, 7) is 1.52. The summed E-state index contributed by atoms with van der Waals surface area (Å²) in [5.41, 5.74) is 0.657. The van der Waals surface area contributed by atoms with Crippen LogP contribution in [0.3, 0.4) is 0 Å². The molecule has 20 heavy (non-hydrogen) atoms. The molecule has 1 amide bonds. The lowest BCUT2D eigenvalue weighted by atomic mass is 10.2. The first-order chi connectivity index (χ1) is 9.56. The van der Waals surface area contributed by atoms with Crippen molar-refractivity contribution >= 4 is 22.7 Å². The van der Waals surface area contributed by atoms with Crippen molar-refractivity contribution in [3.63, 3.8) is 0 Å². The Hall–Kier alpha value is -1.69. The fraction of sp³-hybridized carbons (Fsp3) is 0.429. The Morgan fingerprint density at radius 3 is 2.30 bits per heavy atom. The third-order valence-electron chi connectivity index (χ3n) is 3.25. The van der Waals surface area contributed by atoms with E-state index in [-0.39, 0.29) is 18.1 Å². The first kappa shape index (κ1) is 14.7. The molecule has 1 aliphatic rings. The van der Waals surface area contributed by atoms with Gasteiger partial charge in [0.2, 0.25) is 5.91 Å². The maximum absolute atomic E-state index is 12.1. The van der Waals surface area contributed by atoms with E-state index in [4.69, 9.17) is 5.11 Å². The SMILES string of the molecule is O=C(O)Cc1ccc(S(=O)CC(=O)N2CCCC2)cc1. The molecule has 108 valence electrons. The highest BCUT2D eigenvalue weighted by molar-refractivity contribution is 7.85. The molecule has 1 aromatic carbocycles. The van der Waals surface area contributed by atoms with Crippen LogP contribution in [0.2, 0.25) is 0 Å². The van der Waals surface area contributed by atoms with Gasteiger partial charge in [0, 0.05) is 18.0 Å². The highest BCUT2D eigenvalue weighted by Gasteiger charge is 2.20. The lowest BCUT2D eigenvalue weighted by Gasteiger charge is -2.14. The predicted molar refractivity (Wildman–Crippen MR) is 74.9 cm³/mol. The van der Waals surface area contributed by atoms with Crippen LogP contribution in [0, 0.1) is 0 Å². The van der Waals surface area contributed by atoms with Gasteiger partial charge in [0.15, 0.2) is 0 Å². The first-order valence-electron chi connectivity index (χ1n) is 6.53. The van der Waals surface area contributed by atoms with Gasteiger partial charge in [-0.25, -0.2) is 0 Å². The Balaban J connectivity index is 1.94. The minimum atomic E-state index is -1.37. The normalized spacial score (nSPS) is 16.1. The molecule has 0 aliphatic carbocycles. The molecule has 6 heteroatoms. The van der Waals surface area contributed by atoms with Gasteiger partial charge in [-0.3, -0.25) is 13.8 Å². The molecule has 0 aromatic heterocycles. The molecular formula is C14H17NO4S. The van der Waals surface area contributed by atoms with Gasteiger partial charge >= 0.3 is 5.97 Å². The Bertz CT molecular complexity index is 520. The average Bonchev–Trinajstić information content (AvgIpc) is 2.92. The number of rotatable bonds is 5. The van der Waals surface area contributed by atoms with Gasteiger partial charge in [-0.1, -0.05) is 12.1 Å². The largest absolute Gasteiger partial charge is 0.481 e. The van der Waals surface area contributed by atoms with Crippen molar-refractivity contribution in [1.29, 1.82) is 0 Å². The Morgan fingerprint density at radius 1 is 1.15 bits per heavy atom. The number of likely N-dealkylation sites (tertiary alicyclic amines) is 1. The molecular weight excluding hydrogens is 278 g/mol. The summed E-state index contributed by atoms with van der Waals surface area (Å²) in [4.78, 5) is 24.8. The third kappa shape index (κ3) is 3.90. The number of hydrogen-bond donors (Lipinski definition) is 1. The fourth-order valence-corrected chi connectivity index (χ4v) is 3.20. The van der Waals surface area contributed by atoms with E-state index in [1.807, 2.05) is 0 Å². The first-order valence-corrected chi connectivity index (χ1v) is 7.85. The van der Waals surface area contributed by atoms with E-state index >= 15 is 0 Å². The highest BCUT2D eigenvalue weighted by atomic mass is 32.2. The van der Waals surface area contributed by atoms with Crippen molar-refractivity contribution in [1.82, 2.24) is 4.90 Å². The second kappa shape index (κ2) is 6.65. The third-order valence-corrected chi connectivity index (χ3v) is 4.56. The summed E-state index contributed by atoms with van der Waals surface area (Å²) < 4.78 is 12.1. The predicted octanol–water partition coefficient (Wildman–Crippen LogP) is 1.04. The number of carbonyl (C=O) groups is 2. The summed E-state index contributed by atoms with van der Waals surface area (Å²) in [7, 11) is -1.37. The molecule has 1 fully saturated rings. The molecule has 0 radical (unpaired) electrons. The second-order valence-corrected chi connectivity index (χ2v) is 6.24. The topological polar surface area (TPSA) is 74.7 Å². The molecule has 1 heterocycles.